The van der Waals surface area contributed by atoms with E-state index in [4.69, 9.17) is 4.74 Å². The Kier molecular flexibility index (Phi) is 5.80. The number of hydrogen-bond acceptors (Lipinski definition) is 7. The Morgan fingerprint density at radius 2 is 2.39 bits per heavy atom. The van der Waals surface area contributed by atoms with Gasteiger partial charge in [0.25, 0.3) is 0 Å². The molecule has 5 nitrogen and oxygen atoms in total. The van der Waals surface area contributed by atoms with Gasteiger partial charge < -0.3 is 10.1 Å². The third-order valence-electron chi connectivity index (χ3n) is 3.03. The van der Waals surface area contributed by atoms with Gasteiger partial charge in [-0.2, -0.15) is 0 Å². The average molecular weight is 368 g/mol. The smallest absolute Gasteiger partial charge is 0.226 e. The van der Waals surface area contributed by atoms with Crippen LogP contribution >= 0.6 is 34.9 Å². The molecule has 0 saturated carbocycles. The Balaban J connectivity index is 1.54. The first-order valence-corrected chi connectivity index (χ1v) is 10.2. The van der Waals surface area contributed by atoms with Crippen LogP contribution in [0.2, 0.25) is 0 Å². The Hall–Kier alpha value is -1.25. The Morgan fingerprint density at radius 3 is 3.17 bits per heavy atom. The van der Waals surface area contributed by atoms with Crippen LogP contribution in [0.25, 0.3) is 10.2 Å². The highest BCUT2D eigenvalue weighted by atomic mass is 32.2. The van der Waals surface area contributed by atoms with Crippen molar-refractivity contribution in [3.63, 3.8) is 0 Å². The van der Waals surface area contributed by atoms with Crippen LogP contribution < -0.4 is 10.1 Å². The number of nitrogens with zero attached hydrogens (tertiary/aromatic N) is 2. The van der Waals surface area contributed by atoms with Crippen LogP contribution in [0.5, 0.6) is 5.75 Å². The van der Waals surface area contributed by atoms with E-state index in [0.717, 1.165) is 38.4 Å². The van der Waals surface area contributed by atoms with Gasteiger partial charge in [0.2, 0.25) is 5.91 Å². The Bertz CT molecular complexity index is 730. The van der Waals surface area contributed by atoms with Crippen molar-refractivity contribution in [2.45, 2.75) is 13.3 Å². The topological polar surface area (TPSA) is 63.6 Å². The minimum atomic E-state index is -0.00909. The summed E-state index contributed by atoms with van der Waals surface area (Å²) in [6.07, 6.45) is 0.463. The van der Waals surface area contributed by atoms with Crippen molar-refractivity contribution in [1.82, 2.24) is 4.98 Å². The van der Waals surface area contributed by atoms with Gasteiger partial charge in [-0.1, -0.05) is 34.9 Å². The molecule has 23 heavy (non-hydrogen) atoms. The second kappa shape index (κ2) is 8.03. The number of ether oxygens (including phenoxy) is 1. The van der Waals surface area contributed by atoms with E-state index in [1.165, 1.54) is 11.3 Å². The summed E-state index contributed by atoms with van der Waals surface area (Å²) in [7, 11) is 0. The van der Waals surface area contributed by atoms with Gasteiger partial charge in [0.05, 0.1) is 23.4 Å². The van der Waals surface area contributed by atoms with E-state index in [2.05, 4.69) is 15.3 Å². The van der Waals surface area contributed by atoms with Gasteiger partial charge in [-0.05, 0) is 25.1 Å². The molecule has 0 spiro atoms. The number of aliphatic imine (C=N–C) groups is 1. The van der Waals surface area contributed by atoms with Crippen LogP contribution in [-0.2, 0) is 4.79 Å². The van der Waals surface area contributed by atoms with Crippen molar-refractivity contribution in [3.8, 4) is 5.75 Å². The quantitative estimate of drug-likeness (QED) is 0.840. The molecule has 1 aromatic heterocycles. The van der Waals surface area contributed by atoms with Gasteiger partial charge in [0.15, 0.2) is 5.13 Å². The molecule has 0 atom stereocenters. The van der Waals surface area contributed by atoms with Crippen LogP contribution in [0.4, 0.5) is 5.13 Å². The number of nitrogens with one attached hydrogen (secondary N) is 1. The maximum absolute atomic E-state index is 12.0. The van der Waals surface area contributed by atoms with E-state index in [-0.39, 0.29) is 5.91 Å². The molecule has 122 valence electrons. The number of anilines is 1. The van der Waals surface area contributed by atoms with Crippen LogP contribution in [-0.4, -0.2) is 39.9 Å². The number of hydrogen-bond donors (Lipinski definition) is 1. The highest BCUT2D eigenvalue weighted by Crippen LogP contribution is 2.29. The average Bonchev–Trinajstić information content (AvgIpc) is 3.16. The number of rotatable bonds is 6. The number of fused-ring (bicyclic) bond motifs is 1. The summed E-state index contributed by atoms with van der Waals surface area (Å²) < 4.78 is 7.59. The summed E-state index contributed by atoms with van der Waals surface area (Å²) >= 11 is 4.89. The van der Waals surface area contributed by atoms with Crippen LogP contribution in [0.15, 0.2) is 23.2 Å². The first-order chi connectivity index (χ1) is 11.2. The maximum Gasteiger partial charge on any atom is 0.226 e. The molecule has 1 aromatic carbocycles. The number of thioether (sulfide) groups is 2. The number of carbonyl (C=O) groups excluding carboxylic acids is 1. The number of benzene rings is 1. The van der Waals surface area contributed by atoms with Crippen molar-refractivity contribution in [2.24, 2.45) is 4.99 Å². The van der Waals surface area contributed by atoms with E-state index >= 15 is 0 Å². The first-order valence-electron chi connectivity index (χ1n) is 7.38. The zero-order valence-electron chi connectivity index (χ0n) is 12.7. The van der Waals surface area contributed by atoms with Gasteiger partial charge in [-0.25, -0.2) is 4.98 Å². The Morgan fingerprint density at radius 1 is 1.48 bits per heavy atom. The second-order valence-corrected chi connectivity index (χ2v) is 8.18. The number of carbonyl (C=O) groups is 1. The summed E-state index contributed by atoms with van der Waals surface area (Å²) in [5.74, 6) is 2.62. The molecular formula is C15H17N3O2S3. The van der Waals surface area contributed by atoms with E-state index in [1.54, 1.807) is 23.5 Å². The normalized spacial score (nSPS) is 14.0. The number of amides is 1. The maximum atomic E-state index is 12.0. The standard InChI is InChI=1S/C15H17N3O2S3/c1-2-20-10-3-4-11-12(9-10)23-14(17-11)18-13(19)5-7-21-15-16-6-8-22-15/h3-4,9H,2,5-8H2,1H3,(H,17,18,19). The zero-order chi connectivity index (χ0) is 16.1. The SMILES string of the molecule is CCOc1ccc2nc(NC(=O)CCSC3=NCCS3)sc2c1. The minimum Gasteiger partial charge on any atom is -0.494 e. The summed E-state index contributed by atoms with van der Waals surface area (Å²) in [5.41, 5.74) is 0.875. The molecule has 3 rings (SSSR count). The predicted molar refractivity (Wildman–Crippen MR) is 101 cm³/mol. The third-order valence-corrected chi connectivity index (χ3v) is 6.22. The fraction of sp³-hybridized carbons (Fsp3) is 0.400. The summed E-state index contributed by atoms with van der Waals surface area (Å²) in [5, 5.41) is 3.51. The van der Waals surface area contributed by atoms with Gasteiger partial charge in [-0.3, -0.25) is 9.79 Å². The molecule has 0 unspecified atom stereocenters. The van der Waals surface area contributed by atoms with Crippen LogP contribution in [0.1, 0.15) is 13.3 Å². The molecule has 0 radical (unpaired) electrons. The van der Waals surface area contributed by atoms with Crippen molar-refractivity contribution in [1.29, 1.82) is 0 Å². The molecular weight excluding hydrogens is 350 g/mol. The molecule has 1 N–H and O–H groups in total. The number of aromatic nitrogens is 1. The molecule has 8 heteroatoms. The summed E-state index contributed by atoms with van der Waals surface area (Å²) in [6, 6.07) is 5.77. The van der Waals surface area contributed by atoms with Gasteiger partial charge in [0, 0.05) is 17.9 Å². The van der Waals surface area contributed by atoms with E-state index in [0.29, 0.717) is 18.2 Å². The minimum absolute atomic E-state index is 0.00909. The lowest BCUT2D eigenvalue weighted by Crippen LogP contribution is -2.12. The lowest BCUT2D eigenvalue weighted by atomic mass is 10.3. The third kappa shape index (κ3) is 4.62. The van der Waals surface area contributed by atoms with Crippen LogP contribution in [0.3, 0.4) is 0 Å². The first kappa shape index (κ1) is 16.6. The largest absolute Gasteiger partial charge is 0.494 e. The zero-order valence-corrected chi connectivity index (χ0v) is 15.2. The molecule has 2 heterocycles. The predicted octanol–water partition coefficient (Wildman–Crippen LogP) is 3.86. The summed E-state index contributed by atoms with van der Waals surface area (Å²) in [6.45, 7) is 3.49. The highest BCUT2D eigenvalue weighted by molar-refractivity contribution is 8.39. The van der Waals surface area contributed by atoms with Gasteiger partial charge in [-0.15, -0.1) is 0 Å². The van der Waals surface area contributed by atoms with E-state index < -0.39 is 0 Å². The lowest BCUT2D eigenvalue weighted by Gasteiger charge is -2.01. The second-order valence-electron chi connectivity index (χ2n) is 4.72. The molecule has 1 aliphatic heterocycles. The molecule has 1 amide bonds. The summed E-state index contributed by atoms with van der Waals surface area (Å²) in [4.78, 5) is 20.8. The lowest BCUT2D eigenvalue weighted by molar-refractivity contribution is -0.115. The van der Waals surface area contributed by atoms with Crippen molar-refractivity contribution < 1.29 is 9.53 Å². The molecule has 0 aliphatic carbocycles. The number of thiazole rings is 1. The molecule has 1 aliphatic rings. The fourth-order valence-electron chi connectivity index (χ4n) is 2.03. The molecule has 0 fully saturated rings. The molecule has 0 saturated heterocycles. The van der Waals surface area contributed by atoms with Crippen molar-refractivity contribution in [3.05, 3.63) is 18.2 Å². The van der Waals surface area contributed by atoms with Gasteiger partial charge in [0.1, 0.15) is 10.1 Å². The monoisotopic (exact) mass is 367 g/mol. The Labute approximate surface area is 147 Å². The van der Waals surface area contributed by atoms with E-state index in [9.17, 15) is 4.79 Å². The van der Waals surface area contributed by atoms with Gasteiger partial charge >= 0.3 is 0 Å². The fourth-order valence-corrected chi connectivity index (χ4v) is 4.96. The molecule has 2 aromatic rings. The van der Waals surface area contributed by atoms with Crippen molar-refractivity contribution >= 4 is 60.5 Å². The van der Waals surface area contributed by atoms with E-state index in [1.807, 2.05) is 25.1 Å². The molecule has 0 bridgehead atoms. The highest BCUT2D eigenvalue weighted by Gasteiger charge is 2.11. The van der Waals surface area contributed by atoms with Crippen LogP contribution in [0, 0.1) is 0 Å². The van der Waals surface area contributed by atoms with Crippen molar-refractivity contribution in [2.75, 3.05) is 30.0 Å².